The molecule has 3 aromatic carbocycles. The summed E-state index contributed by atoms with van der Waals surface area (Å²) in [6, 6.07) is 25.0. The zero-order chi connectivity index (χ0) is 22.3. The van der Waals surface area contributed by atoms with Gasteiger partial charge in [-0.1, -0.05) is 36.4 Å². The van der Waals surface area contributed by atoms with Gasteiger partial charge in [-0.2, -0.15) is 0 Å². The van der Waals surface area contributed by atoms with Gasteiger partial charge in [-0.25, -0.2) is 0 Å². The SMILES string of the molecule is O=C(COc1ccccc1)NC(=S)Nc1ccc(NC(=O)c2cc3ccccc3o2)cc1. The number of benzene rings is 3. The minimum absolute atomic E-state index is 0.144. The summed E-state index contributed by atoms with van der Waals surface area (Å²) in [6.45, 7) is -0.154. The second-order valence-corrected chi connectivity index (χ2v) is 7.19. The zero-order valence-corrected chi connectivity index (χ0v) is 17.6. The van der Waals surface area contributed by atoms with Gasteiger partial charge < -0.3 is 19.8 Å². The average Bonchev–Trinajstić information content (AvgIpc) is 3.24. The van der Waals surface area contributed by atoms with E-state index in [4.69, 9.17) is 21.4 Å². The molecule has 160 valence electrons. The highest BCUT2D eigenvalue weighted by Crippen LogP contribution is 2.20. The van der Waals surface area contributed by atoms with Crippen molar-refractivity contribution in [2.24, 2.45) is 0 Å². The van der Waals surface area contributed by atoms with Crippen LogP contribution >= 0.6 is 12.2 Å². The first-order valence-corrected chi connectivity index (χ1v) is 10.2. The van der Waals surface area contributed by atoms with Gasteiger partial charge in [-0.15, -0.1) is 0 Å². The summed E-state index contributed by atoms with van der Waals surface area (Å²) in [7, 11) is 0. The molecule has 2 amide bonds. The molecule has 0 radical (unpaired) electrons. The number of amides is 2. The number of hydrogen-bond donors (Lipinski definition) is 3. The maximum absolute atomic E-state index is 12.4. The van der Waals surface area contributed by atoms with Gasteiger partial charge in [0.2, 0.25) is 0 Å². The summed E-state index contributed by atoms with van der Waals surface area (Å²) < 4.78 is 11.0. The Balaban J connectivity index is 1.27. The molecule has 0 spiro atoms. The molecule has 32 heavy (non-hydrogen) atoms. The Morgan fingerprint density at radius 3 is 2.22 bits per heavy atom. The molecule has 0 aliphatic heterocycles. The van der Waals surface area contributed by atoms with Crippen LogP contribution in [-0.2, 0) is 4.79 Å². The Morgan fingerprint density at radius 2 is 1.50 bits per heavy atom. The van der Waals surface area contributed by atoms with Crippen LogP contribution in [-0.4, -0.2) is 23.5 Å². The molecule has 0 bridgehead atoms. The van der Waals surface area contributed by atoms with Gasteiger partial charge in [0, 0.05) is 16.8 Å². The summed E-state index contributed by atoms with van der Waals surface area (Å²) in [5, 5.41) is 9.26. The zero-order valence-electron chi connectivity index (χ0n) is 16.8. The standard InChI is InChI=1S/C24H19N3O4S/c28-22(15-30-19-7-2-1-3-8-19)27-24(32)26-18-12-10-17(11-13-18)25-23(29)21-14-16-6-4-5-9-20(16)31-21/h1-14H,15H2,(H,25,29)(H2,26,27,28,32). The van der Waals surface area contributed by atoms with Gasteiger partial charge in [-0.05, 0) is 60.7 Å². The predicted molar refractivity (Wildman–Crippen MR) is 127 cm³/mol. The quantitative estimate of drug-likeness (QED) is 0.376. The molecule has 7 nitrogen and oxygen atoms in total. The highest BCUT2D eigenvalue weighted by molar-refractivity contribution is 7.80. The molecule has 4 rings (SSSR count). The Bertz CT molecular complexity index is 1220. The van der Waals surface area contributed by atoms with E-state index in [2.05, 4.69) is 16.0 Å². The van der Waals surface area contributed by atoms with Crippen LogP contribution in [0.25, 0.3) is 11.0 Å². The van der Waals surface area contributed by atoms with Gasteiger partial charge in [0.05, 0.1) is 0 Å². The molecule has 8 heteroatoms. The summed E-state index contributed by atoms with van der Waals surface area (Å²) in [5.41, 5.74) is 1.90. The molecule has 0 aliphatic rings. The van der Waals surface area contributed by atoms with Gasteiger partial charge >= 0.3 is 0 Å². The number of fused-ring (bicyclic) bond motifs is 1. The predicted octanol–water partition coefficient (Wildman–Crippen LogP) is 4.58. The van der Waals surface area contributed by atoms with Crippen molar-refractivity contribution in [2.45, 2.75) is 0 Å². The molecule has 0 aliphatic carbocycles. The number of nitrogens with one attached hydrogen (secondary N) is 3. The van der Waals surface area contributed by atoms with Crippen molar-refractivity contribution in [1.29, 1.82) is 0 Å². The van der Waals surface area contributed by atoms with Gasteiger partial charge in [0.25, 0.3) is 11.8 Å². The number of furan rings is 1. The second kappa shape index (κ2) is 9.76. The van der Waals surface area contributed by atoms with Crippen molar-refractivity contribution >= 4 is 51.5 Å². The number of ether oxygens (including phenoxy) is 1. The molecule has 0 unspecified atom stereocenters. The van der Waals surface area contributed by atoms with Crippen LogP contribution in [0.3, 0.4) is 0 Å². The van der Waals surface area contributed by atoms with Crippen LogP contribution in [0.4, 0.5) is 11.4 Å². The smallest absolute Gasteiger partial charge is 0.291 e. The van der Waals surface area contributed by atoms with Crippen molar-refractivity contribution in [2.75, 3.05) is 17.2 Å². The molecule has 3 N–H and O–H groups in total. The van der Waals surface area contributed by atoms with E-state index >= 15 is 0 Å². The van der Waals surface area contributed by atoms with Crippen LogP contribution < -0.4 is 20.7 Å². The van der Waals surface area contributed by atoms with E-state index in [1.165, 1.54) is 0 Å². The summed E-state index contributed by atoms with van der Waals surface area (Å²) in [4.78, 5) is 24.4. The average molecular weight is 446 g/mol. The highest BCUT2D eigenvalue weighted by Gasteiger charge is 2.12. The fourth-order valence-corrected chi connectivity index (χ4v) is 3.15. The summed E-state index contributed by atoms with van der Waals surface area (Å²) in [6.07, 6.45) is 0. The number of anilines is 2. The van der Waals surface area contributed by atoms with Crippen LogP contribution in [0, 0.1) is 0 Å². The number of hydrogen-bond acceptors (Lipinski definition) is 5. The van der Waals surface area contributed by atoms with Crippen molar-refractivity contribution < 1.29 is 18.7 Å². The van der Waals surface area contributed by atoms with Crippen molar-refractivity contribution in [3.05, 3.63) is 90.7 Å². The number of thiocarbonyl (C=S) groups is 1. The molecular formula is C24H19N3O4S. The lowest BCUT2D eigenvalue weighted by molar-refractivity contribution is -0.121. The number of carbonyl (C=O) groups is 2. The Labute approximate surface area is 189 Å². The van der Waals surface area contributed by atoms with Crippen molar-refractivity contribution in [3.8, 4) is 5.75 Å². The topological polar surface area (TPSA) is 92.6 Å². The first-order valence-electron chi connectivity index (χ1n) is 9.75. The lowest BCUT2D eigenvalue weighted by atomic mass is 10.2. The lowest BCUT2D eigenvalue weighted by Gasteiger charge is -2.11. The Hall–Kier alpha value is -4.17. The molecule has 0 fully saturated rings. The first-order chi connectivity index (χ1) is 15.6. The second-order valence-electron chi connectivity index (χ2n) is 6.78. The Morgan fingerprint density at radius 1 is 0.844 bits per heavy atom. The molecular weight excluding hydrogens is 426 g/mol. The monoisotopic (exact) mass is 445 g/mol. The molecule has 4 aromatic rings. The van der Waals surface area contributed by atoms with E-state index in [0.29, 0.717) is 22.7 Å². The molecule has 1 aromatic heterocycles. The van der Waals surface area contributed by atoms with Crippen molar-refractivity contribution in [3.63, 3.8) is 0 Å². The van der Waals surface area contributed by atoms with Crippen molar-refractivity contribution in [1.82, 2.24) is 5.32 Å². The fourth-order valence-electron chi connectivity index (χ4n) is 2.91. The fraction of sp³-hybridized carbons (Fsp3) is 0.0417. The van der Waals surface area contributed by atoms with Gasteiger partial charge in [0.15, 0.2) is 17.5 Å². The highest BCUT2D eigenvalue weighted by atomic mass is 32.1. The van der Waals surface area contributed by atoms with E-state index in [9.17, 15) is 9.59 Å². The maximum Gasteiger partial charge on any atom is 0.291 e. The normalized spacial score (nSPS) is 10.4. The van der Waals surface area contributed by atoms with Crippen LogP contribution in [0.5, 0.6) is 5.75 Å². The van der Waals surface area contributed by atoms with E-state index < -0.39 is 0 Å². The van der Waals surface area contributed by atoms with E-state index in [-0.39, 0.29) is 29.3 Å². The van der Waals surface area contributed by atoms with Crippen LogP contribution in [0.2, 0.25) is 0 Å². The molecule has 1 heterocycles. The third-order valence-corrected chi connectivity index (χ3v) is 4.62. The first kappa shape index (κ1) is 21.1. The van der Waals surface area contributed by atoms with Crippen LogP contribution in [0.15, 0.2) is 89.3 Å². The summed E-state index contributed by atoms with van der Waals surface area (Å²) >= 11 is 5.16. The largest absolute Gasteiger partial charge is 0.484 e. The minimum atomic E-state index is -0.374. The third-order valence-electron chi connectivity index (χ3n) is 4.42. The molecule has 0 saturated heterocycles. The van der Waals surface area contributed by atoms with Crippen LogP contribution in [0.1, 0.15) is 10.6 Å². The molecule has 0 atom stereocenters. The summed E-state index contributed by atoms with van der Waals surface area (Å²) in [5.74, 6) is 0.112. The van der Waals surface area contributed by atoms with Gasteiger partial charge in [-0.3, -0.25) is 14.9 Å². The van der Waals surface area contributed by atoms with E-state index in [1.807, 2.05) is 42.5 Å². The maximum atomic E-state index is 12.4. The Kier molecular flexibility index (Phi) is 6.43. The number of rotatable bonds is 6. The number of para-hydroxylation sites is 2. The minimum Gasteiger partial charge on any atom is -0.484 e. The van der Waals surface area contributed by atoms with E-state index in [1.54, 1.807) is 42.5 Å². The van der Waals surface area contributed by atoms with Gasteiger partial charge in [0.1, 0.15) is 11.3 Å². The number of carbonyl (C=O) groups excluding carboxylic acids is 2. The third kappa shape index (κ3) is 5.50. The molecule has 0 saturated carbocycles. The lowest BCUT2D eigenvalue weighted by Crippen LogP contribution is -2.37. The van der Waals surface area contributed by atoms with E-state index in [0.717, 1.165) is 5.39 Å².